The van der Waals surface area contributed by atoms with Crippen molar-refractivity contribution >= 4 is 30.1 Å². The average molecular weight is 443 g/mol. The van der Waals surface area contributed by atoms with Gasteiger partial charge in [0.25, 0.3) is 5.92 Å². The molecule has 2 nitrogen and oxygen atoms in total. The van der Waals surface area contributed by atoms with Crippen molar-refractivity contribution < 1.29 is 13.9 Å². The third-order valence-corrected chi connectivity index (χ3v) is 6.18. The van der Waals surface area contributed by atoms with E-state index >= 15 is 0 Å². The van der Waals surface area contributed by atoms with Gasteiger partial charge in [0.1, 0.15) is 0 Å². The molecule has 0 bridgehead atoms. The summed E-state index contributed by atoms with van der Waals surface area (Å²) in [5, 5.41) is 10.1. The molecule has 0 aromatic rings. The van der Waals surface area contributed by atoms with Gasteiger partial charge in [-0.2, -0.15) is 0 Å². The minimum Gasteiger partial charge on any atom is -0.400 e. The molecule has 1 spiro atoms. The van der Waals surface area contributed by atoms with E-state index in [0.717, 1.165) is 32.5 Å². The number of rotatable bonds is 3. The number of aliphatic hydroxyl groups excluding tert-OH is 1. The lowest BCUT2D eigenvalue weighted by Gasteiger charge is -2.52. The van der Waals surface area contributed by atoms with E-state index in [2.05, 4.69) is 37.3 Å². The Kier molecular flexibility index (Phi) is 6.82. The second kappa shape index (κ2) is 8.00. The molecule has 3 fully saturated rings. The number of likely N-dealkylation sites (tertiary alicyclic amines) is 1. The number of hydrogen-bond donors (Lipinski definition) is 1. The fourth-order valence-corrected chi connectivity index (χ4v) is 4.53. The fraction of sp³-hybridized carbons (Fsp3) is 0.875. The van der Waals surface area contributed by atoms with E-state index in [4.69, 9.17) is 5.11 Å². The first-order chi connectivity index (χ1) is 10.5. The molecule has 0 amide bonds. The molecule has 1 N–H and O–H groups in total. The molecule has 1 heterocycles. The summed E-state index contributed by atoms with van der Waals surface area (Å²) in [7, 11) is 2.56. The molecule has 2 saturated carbocycles. The largest absolute Gasteiger partial charge is 0.400 e. The normalized spacial score (nSPS) is 28.9. The van der Waals surface area contributed by atoms with E-state index in [-0.39, 0.29) is 12.3 Å². The Hall–Kier alpha value is 0.420. The molecule has 3 aliphatic rings. The minimum atomic E-state index is -2.36. The monoisotopic (exact) mass is 443 g/mol. The van der Waals surface area contributed by atoms with Crippen molar-refractivity contribution in [1.29, 1.82) is 0 Å². The van der Waals surface area contributed by atoms with Crippen LogP contribution in [0.15, 0.2) is 0 Å². The zero-order valence-corrected chi connectivity index (χ0v) is 15.9. The fourth-order valence-electron chi connectivity index (χ4n) is 3.92. The van der Waals surface area contributed by atoms with E-state index in [1.807, 2.05) is 0 Å². The molecule has 0 aromatic heterocycles. The molecule has 1 atom stereocenters. The standard InChI is InChI=1S/C15H20F2INS.CH4O/c16-15(17)10-13(15)11-19-5-3-14(4-6-19)8-12(9-14)2-1-7-20-18;1-2/h12-13H,2-6,8-11H2;2H,1H3. The van der Waals surface area contributed by atoms with Crippen molar-refractivity contribution in [3.05, 3.63) is 0 Å². The summed E-state index contributed by atoms with van der Waals surface area (Å²) >= 11 is 2.20. The van der Waals surface area contributed by atoms with Crippen molar-refractivity contribution in [3.8, 4) is 11.2 Å². The van der Waals surface area contributed by atoms with Gasteiger partial charge >= 0.3 is 0 Å². The highest BCUT2D eigenvalue weighted by atomic mass is 127. The maximum absolute atomic E-state index is 12.9. The van der Waals surface area contributed by atoms with E-state index in [1.165, 1.54) is 25.7 Å². The summed E-state index contributed by atoms with van der Waals surface area (Å²) in [6.45, 7) is 2.66. The molecular weight excluding hydrogens is 419 g/mol. The first-order valence-corrected chi connectivity index (χ1v) is 11.2. The van der Waals surface area contributed by atoms with Crippen LogP contribution in [0, 0.1) is 28.4 Å². The first kappa shape index (κ1) is 18.8. The second-order valence-electron chi connectivity index (χ2n) is 6.80. The lowest BCUT2D eigenvalue weighted by Crippen LogP contribution is -2.47. The van der Waals surface area contributed by atoms with Gasteiger partial charge in [-0.15, -0.1) is 0 Å². The Balaban J connectivity index is 0.000000847. The van der Waals surface area contributed by atoms with Crippen molar-refractivity contribution in [1.82, 2.24) is 4.90 Å². The number of halogens is 3. The van der Waals surface area contributed by atoms with Gasteiger partial charge in [0, 0.05) is 53.6 Å². The Morgan fingerprint density at radius 2 is 1.82 bits per heavy atom. The number of piperidine rings is 1. The summed E-state index contributed by atoms with van der Waals surface area (Å²) < 4.78 is 25.9. The maximum atomic E-state index is 12.9. The van der Waals surface area contributed by atoms with Crippen LogP contribution in [-0.4, -0.2) is 42.7 Å². The van der Waals surface area contributed by atoms with Crippen LogP contribution < -0.4 is 0 Å². The van der Waals surface area contributed by atoms with Gasteiger partial charge in [0.2, 0.25) is 0 Å². The predicted molar refractivity (Wildman–Crippen MR) is 96.0 cm³/mol. The molecule has 3 rings (SSSR count). The smallest absolute Gasteiger partial charge is 0.252 e. The zero-order valence-electron chi connectivity index (χ0n) is 13.0. The summed E-state index contributed by atoms with van der Waals surface area (Å²) in [5.74, 6) is 1.30. The molecule has 0 aromatic carbocycles. The molecule has 1 aliphatic heterocycles. The summed E-state index contributed by atoms with van der Waals surface area (Å²) in [4.78, 5) is 2.26. The zero-order chi connectivity index (χ0) is 16.2. The van der Waals surface area contributed by atoms with Crippen LogP contribution in [0.25, 0.3) is 0 Å². The minimum absolute atomic E-state index is 0.115. The number of aliphatic hydroxyl groups is 1. The highest BCUT2D eigenvalue weighted by Gasteiger charge is 2.57. The third kappa shape index (κ3) is 4.71. The highest BCUT2D eigenvalue weighted by molar-refractivity contribution is 14.2. The Morgan fingerprint density at radius 3 is 2.32 bits per heavy atom. The van der Waals surface area contributed by atoms with Gasteiger partial charge in [-0.05, 0) is 64.3 Å². The predicted octanol–water partition coefficient (Wildman–Crippen LogP) is 4.18. The number of hydrogen-bond acceptors (Lipinski definition) is 3. The highest BCUT2D eigenvalue weighted by Crippen LogP contribution is 2.54. The van der Waals surface area contributed by atoms with Gasteiger partial charge in [0.15, 0.2) is 0 Å². The Bertz CT molecular complexity index is 422. The molecule has 6 heteroatoms. The summed E-state index contributed by atoms with van der Waals surface area (Å²) in [5.41, 5.74) is 0.534. The van der Waals surface area contributed by atoms with Crippen LogP contribution >= 0.6 is 30.1 Å². The van der Waals surface area contributed by atoms with Gasteiger partial charge in [-0.3, -0.25) is 0 Å². The van der Waals surface area contributed by atoms with E-state index in [1.54, 1.807) is 8.93 Å². The number of alkyl halides is 2. The quantitative estimate of drug-likeness (QED) is 0.523. The maximum Gasteiger partial charge on any atom is 0.252 e. The molecule has 22 heavy (non-hydrogen) atoms. The lowest BCUT2D eigenvalue weighted by molar-refractivity contribution is -0.0155. The van der Waals surface area contributed by atoms with Gasteiger partial charge in [-0.1, -0.05) is 5.92 Å². The first-order valence-electron chi connectivity index (χ1n) is 7.83. The Labute approximate surface area is 148 Å². The number of nitrogens with zero attached hydrogens (tertiary/aromatic N) is 1. The lowest BCUT2D eigenvalue weighted by atomic mass is 9.57. The molecule has 0 radical (unpaired) electrons. The van der Waals surface area contributed by atoms with Gasteiger partial charge in [-0.25, -0.2) is 8.78 Å². The van der Waals surface area contributed by atoms with Crippen LogP contribution in [0.2, 0.25) is 0 Å². The second-order valence-corrected chi connectivity index (χ2v) is 8.48. The van der Waals surface area contributed by atoms with Crippen LogP contribution in [0.5, 0.6) is 0 Å². The van der Waals surface area contributed by atoms with E-state index in [0.29, 0.717) is 12.0 Å². The van der Waals surface area contributed by atoms with Gasteiger partial charge in [0.05, 0.1) is 0 Å². The topological polar surface area (TPSA) is 23.5 Å². The van der Waals surface area contributed by atoms with E-state index in [9.17, 15) is 8.78 Å². The van der Waals surface area contributed by atoms with Crippen molar-refractivity contribution in [3.63, 3.8) is 0 Å². The van der Waals surface area contributed by atoms with E-state index < -0.39 is 5.92 Å². The summed E-state index contributed by atoms with van der Waals surface area (Å²) in [6, 6.07) is 0. The van der Waals surface area contributed by atoms with Crippen molar-refractivity contribution in [2.75, 3.05) is 26.7 Å². The molecule has 2 aliphatic carbocycles. The SMILES string of the molecule is CO.FC1(F)CC1CN1CCC2(CC1)CC(CC#CSI)C2. The third-order valence-electron chi connectivity index (χ3n) is 5.30. The molecule has 126 valence electrons. The van der Waals surface area contributed by atoms with Crippen LogP contribution in [0.1, 0.15) is 38.5 Å². The Morgan fingerprint density at radius 1 is 1.23 bits per heavy atom. The molecule has 1 saturated heterocycles. The van der Waals surface area contributed by atoms with Crippen LogP contribution in [-0.2, 0) is 0 Å². The molecule has 1 unspecified atom stereocenters. The molecular formula is C16H24F2INOS. The average Bonchev–Trinajstić information content (AvgIpc) is 3.08. The van der Waals surface area contributed by atoms with Crippen molar-refractivity contribution in [2.24, 2.45) is 17.3 Å². The van der Waals surface area contributed by atoms with Crippen molar-refractivity contribution in [2.45, 2.75) is 44.4 Å². The van der Waals surface area contributed by atoms with Crippen LogP contribution in [0.4, 0.5) is 8.78 Å². The summed E-state index contributed by atoms with van der Waals surface area (Å²) in [6.07, 6.45) is 6.18. The van der Waals surface area contributed by atoms with Gasteiger partial charge < -0.3 is 10.0 Å². The van der Waals surface area contributed by atoms with Crippen LogP contribution in [0.3, 0.4) is 0 Å².